The zero-order chi connectivity index (χ0) is 20.3. The molecule has 2 unspecified atom stereocenters. The molecular formula is C19H28O7. The molecule has 0 aromatic heterocycles. The van der Waals surface area contributed by atoms with Gasteiger partial charge in [0, 0.05) is 22.6 Å². The lowest BCUT2D eigenvalue weighted by Gasteiger charge is -2.08. The molecule has 0 radical (unpaired) electrons. The predicted octanol–water partition coefficient (Wildman–Crippen LogP) is 2.97. The number of epoxide rings is 1. The molecule has 1 aliphatic heterocycles. The molecule has 0 saturated carbocycles. The van der Waals surface area contributed by atoms with E-state index in [1.165, 1.54) is 6.08 Å². The molecule has 0 aromatic rings. The fourth-order valence-electron chi connectivity index (χ4n) is 1.68. The number of carboxylic acids is 2. The molecule has 1 fully saturated rings. The number of rotatable bonds is 10. The quantitative estimate of drug-likeness (QED) is 0.346. The maximum absolute atomic E-state index is 10.9. The number of allylic oxidation sites excluding steroid dienone is 1. The fraction of sp³-hybridized carbons (Fsp3) is 0.526. The van der Waals surface area contributed by atoms with Crippen molar-refractivity contribution in [3.05, 3.63) is 36.0 Å². The minimum Gasteiger partial charge on any atom is -0.478 e. The molecule has 1 saturated heterocycles. The van der Waals surface area contributed by atoms with Crippen LogP contribution < -0.4 is 0 Å². The van der Waals surface area contributed by atoms with Gasteiger partial charge in [0.2, 0.25) is 0 Å². The highest BCUT2D eigenvalue weighted by Crippen LogP contribution is 2.16. The van der Waals surface area contributed by atoms with Gasteiger partial charge in [-0.05, 0) is 19.8 Å². The second kappa shape index (κ2) is 12.0. The minimum atomic E-state index is -1.09. The Morgan fingerprint density at radius 2 is 1.85 bits per heavy atom. The third kappa shape index (κ3) is 10.5. The Bertz CT molecular complexity index is 570. The van der Waals surface area contributed by atoms with Crippen LogP contribution in [-0.2, 0) is 23.9 Å². The highest BCUT2D eigenvalue weighted by molar-refractivity contribution is 5.89. The zero-order valence-electron chi connectivity index (χ0n) is 15.6. The molecule has 0 bridgehead atoms. The van der Waals surface area contributed by atoms with Crippen LogP contribution in [0.25, 0.3) is 0 Å². The maximum Gasteiger partial charge on any atom is 0.333 e. The summed E-state index contributed by atoms with van der Waals surface area (Å²) in [5.74, 6) is -2.88. The molecular weight excluding hydrogens is 340 g/mol. The highest BCUT2D eigenvalue weighted by atomic mass is 16.6. The summed E-state index contributed by atoms with van der Waals surface area (Å²) >= 11 is 0. The molecule has 0 aromatic carbocycles. The summed E-state index contributed by atoms with van der Waals surface area (Å²) in [5, 5.41) is 17.6. The standard InChI is InChI=1S/C12H18O4.C7H10O3/c1-4-5-6-10(12(15)16)7-8(2)9(3)11(13)14;1-5(2)7(8)10-4-6-3-9-6/h7-8H,3-6H2,1-2H3,(H,13,14)(H,15,16);6H,1,3-4H2,2H3. The molecule has 2 N–H and O–H groups in total. The smallest absolute Gasteiger partial charge is 0.333 e. The van der Waals surface area contributed by atoms with Crippen molar-refractivity contribution in [1.29, 1.82) is 0 Å². The van der Waals surface area contributed by atoms with Crippen molar-refractivity contribution >= 4 is 17.9 Å². The Morgan fingerprint density at radius 3 is 2.23 bits per heavy atom. The first-order valence-corrected chi connectivity index (χ1v) is 8.40. The van der Waals surface area contributed by atoms with Gasteiger partial charge in [0.05, 0.1) is 6.61 Å². The first-order chi connectivity index (χ1) is 12.1. The molecule has 2 atom stereocenters. The van der Waals surface area contributed by atoms with Gasteiger partial charge in [0.1, 0.15) is 12.7 Å². The Hall–Kier alpha value is -2.41. The van der Waals surface area contributed by atoms with Gasteiger partial charge in [-0.1, -0.05) is 39.5 Å². The van der Waals surface area contributed by atoms with Gasteiger partial charge in [-0.15, -0.1) is 0 Å². The van der Waals surface area contributed by atoms with Crippen LogP contribution >= 0.6 is 0 Å². The van der Waals surface area contributed by atoms with E-state index in [0.717, 1.165) is 12.8 Å². The Kier molecular flexibility index (Phi) is 10.9. The summed E-state index contributed by atoms with van der Waals surface area (Å²) in [6, 6.07) is 0. The summed E-state index contributed by atoms with van der Waals surface area (Å²) in [4.78, 5) is 32.2. The molecule has 7 nitrogen and oxygen atoms in total. The summed E-state index contributed by atoms with van der Waals surface area (Å²) in [5.41, 5.74) is 0.702. The highest BCUT2D eigenvalue weighted by Gasteiger charge is 2.24. The summed E-state index contributed by atoms with van der Waals surface area (Å²) in [7, 11) is 0. The third-order valence-corrected chi connectivity index (χ3v) is 3.50. The monoisotopic (exact) mass is 368 g/mol. The molecule has 7 heteroatoms. The van der Waals surface area contributed by atoms with E-state index in [4.69, 9.17) is 19.7 Å². The molecule has 1 rings (SSSR count). The van der Waals surface area contributed by atoms with E-state index in [9.17, 15) is 14.4 Å². The molecule has 1 heterocycles. The number of unbranched alkanes of at least 4 members (excludes halogenated alkanes) is 1. The number of hydrogen-bond acceptors (Lipinski definition) is 5. The van der Waals surface area contributed by atoms with Crippen LogP contribution in [0, 0.1) is 5.92 Å². The largest absolute Gasteiger partial charge is 0.478 e. The van der Waals surface area contributed by atoms with Crippen molar-refractivity contribution < 1.29 is 34.1 Å². The normalized spacial score (nSPS) is 16.6. The average Bonchev–Trinajstić information content (AvgIpc) is 3.39. The van der Waals surface area contributed by atoms with Crippen LogP contribution in [0.5, 0.6) is 0 Å². The lowest BCUT2D eigenvalue weighted by molar-refractivity contribution is -0.139. The second-order valence-electron chi connectivity index (χ2n) is 6.05. The molecule has 146 valence electrons. The van der Waals surface area contributed by atoms with Crippen molar-refractivity contribution in [1.82, 2.24) is 0 Å². The van der Waals surface area contributed by atoms with Crippen LogP contribution in [-0.4, -0.2) is 47.4 Å². The van der Waals surface area contributed by atoms with Crippen LogP contribution in [0.4, 0.5) is 0 Å². The first-order valence-electron chi connectivity index (χ1n) is 8.40. The van der Waals surface area contributed by atoms with E-state index in [1.807, 2.05) is 6.92 Å². The first kappa shape index (κ1) is 23.6. The Labute approximate surface area is 154 Å². The number of esters is 1. The van der Waals surface area contributed by atoms with Gasteiger partial charge in [0.15, 0.2) is 0 Å². The Balaban J connectivity index is 0.000000531. The lowest BCUT2D eigenvalue weighted by atomic mass is 9.97. The number of carbonyl (C=O) groups excluding carboxylic acids is 1. The summed E-state index contributed by atoms with van der Waals surface area (Å²) in [6.07, 6.45) is 3.75. The second-order valence-corrected chi connectivity index (χ2v) is 6.05. The summed E-state index contributed by atoms with van der Waals surface area (Å²) < 4.78 is 9.60. The van der Waals surface area contributed by atoms with Gasteiger partial charge in [-0.3, -0.25) is 0 Å². The van der Waals surface area contributed by atoms with Gasteiger partial charge in [-0.25, -0.2) is 14.4 Å². The van der Waals surface area contributed by atoms with Gasteiger partial charge in [0.25, 0.3) is 0 Å². The van der Waals surface area contributed by atoms with E-state index in [0.29, 0.717) is 25.2 Å². The van der Waals surface area contributed by atoms with E-state index in [-0.39, 0.29) is 23.2 Å². The van der Waals surface area contributed by atoms with Crippen LogP contribution in [0.15, 0.2) is 36.0 Å². The van der Waals surface area contributed by atoms with E-state index in [2.05, 4.69) is 13.2 Å². The third-order valence-electron chi connectivity index (χ3n) is 3.50. The molecule has 26 heavy (non-hydrogen) atoms. The molecule has 0 spiro atoms. The van der Waals surface area contributed by atoms with Gasteiger partial charge < -0.3 is 19.7 Å². The number of aliphatic carboxylic acids is 2. The van der Waals surface area contributed by atoms with Crippen molar-refractivity contribution in [3.8, 4) is 0 Å². The Morgan fingerprint density at radius 1 is 1.27 bits per heavy atom. The number of carbonyl (C=O) groups is 3. The topological polar surface area (TPSA) is 113 Å². The van der Waals surface area contributed by atoms with Gasteiger partial charge >= 0.3 is 17.9 Å². The van der Waals surface area contributed by atoms with Crippen molar-refractivity contribution in [3.63, 3.8) is 0 Å². The molecule has 1 aliphatic rings. The predicted molar refractivity (Wildman–Crippen MR) is 96.7 cm³/mol. The molecule has 0 aliphatic carbocycles. The van der Waals surface area contributed by atoms with Gasteiger partial charge in [-0.2, -0.15) is 0 Å². The van der Waals surface area contributed by atoms with Crippen LogP contribution in [0.2, 0.25) is 0 Å². The van der Waals surface area contributed by atoms with Crippen LogP contribution in [0.1, 0.15) is 40.0 Å². The lowest BCUT2D eigenvalue weighted by Crippen LogP contribution is -2.09. The number of hydrogen-bond donors (Lipinski definition) is 2. The van der Waals surface area contributed by atoms with Crippen molar-refractivity contribution in [2.45, 2.75) is 46.1 Å². The van der Waals surface area contributed by atoms with Crippen molar-refractivity contribution in [2.24, 2.45) is 5.92 Å². The van der Waals surface area contributed by atoms with Crippen molar-refractivity contribution in [2.75, 3.05) is 13.2 Å². The van der Waals surface area contributed by atoms with Crippen LogP contribution in [0.3, 0.4) is 0 Å². The number of carboxylic acid groups (broad SMARTS) is 2. The number of ether oxygens (including phenoxy) is 2. The van der Waals surface area contributed by atoms with E-state index in [1.54, 1.807) is 13.8 Å². The SMILES string of the molecule is C=C(C(=O)O)C(C)C=C(CCCC)C(=O)O.C=C(C)C(=O)OCC1CO1. The fourth-order valence-corrected chi connectivity index (χ4v) is 1.68. The summed E-state index contributed by atoms with van der Waals surface area (Å²) in [6.45, 7) is 13.1. The van der Waals surface area contributed by atoms with E-state index < -0.39 is 17.9 Å². The zero-order valence-corrected chi connectivity index (χ0v) is 15.6. The van der Waals surface area contributed by atoms with E-state index >= 15 is 0 Å². The minimum absolute atomic E-state index is 0.00949. The maximum atomic E-state index is 10.9. The molecule has 0 amide bonds. The average molecular weight is 368 g/mol.